The van der Waals surface area contributed by atoms with E-state index in [-0.39, 0.29) is 18.0 Å². The molecule has 0 atom stereocenters. The smallest absolute Gasteiger partial charge is 0.271 e. The van der Waals surface area contributed by atoms with Crippen LogP contribution < -0.4 is 10.9 Å². The topological polar surface area (TPSA) is 64.0 Å². The van der Waals surface area contributed by atoms with Gasteiger partial charge in [-0.15, -0.1) is 11.3 Å². The number of hydrogen-bond donors (Lipinski definition) is 1. The van der Waals surface area contributed by atoms with Gasteiger partial charge >= 0.3 is 0 Å². The lowest BCUT2D eigenvalue weighted by molar-refractivity contribution is -0.116. The van der Waals surface area contributed by atoms with E-state index < -0.39 is 0 Å². The van der Waals surface area contributed by atoms with Crippen LogP contribution in [0.3, 0.4) is 0 Å². The van der Waals surface area contributed by atoms with E-state index in [1.165, 1.54) is 22.2 Å². The molecule has 0 spiro atoms. The standard InChI is InChI=1S/C23H20ClN3O2S/c1-3-15-6-4-5-14(2)20(15)26-19(28)11-27-13-25-21-18(12-30-22(21)23(27)29)16-7-9-17(24)10-8-16/h4-10,12-13H,3,11H2,1-2H3,(H,26,28). The van der Waals surface area contributed by atoms with Crippen LogP contribution in [0.25, 0.3) is 21.3 Å². The maximum absolute atomic E-state index is 12.9. The van der Waals surface area contributed by atoms with Gasteiger partial charge in [0, 0.05) is 21.7 Å². The maximum atomic E-state index is 12.9. The van der Waals surface area contributed by atoms with Crippen molar-refractivity contribution in [2.45, 2.75) is 26.8 Å². The Morgan fingerprint density at radius 2 is 1.97 bits per heavy atom. The van der Waals surface area contributed by atoms with E-state index in [0.717, 1.165) is 34.4 Å². The quantitative estimate of drug-likeness (QED) is 0.461. The molecule has 5 nitrogen and oxygen atoms in total. The van der Waals surface area contributed by atoms with E-state index in [9.17, 15) is 9.59 Å². The summed E-state index contributed by atoms with van der Waals surface area (Å²) >= 11 is 7.30. The number of nitrogens with one attached hydrogen (secondary N) is 1. The van der Waals surface area contributed by atoms with Gasteiger partial charge in [0.25, 0.3) is 5.56 Å². The zero-order valence-electron chi connectivity index (χ0n) is 16.6. The van der Waals surface area contributed by atoms with Crippen LogP contribution >= 0.6 is 22.9 Å². The Labute approximate surface area is 183 Å². The fourth-order valence-electron chi connectivity index (χ4n) is 3.42. The highest BCUT2D eigenvalue weighted by molar-refractivity contribution is 7.17. The van der Waals surface area contributed by atoms with Gasteiger partial charge in [0.15, 0.2) is 0 Å². The van der Waals surface area contributed by atoms with Gasteiger partial charge in [-0.3, -0.25) is 14.2 Å². The Bertz CT molecular complexity index is 1290. The fraction of sp³-hybridized carbons (Fsp3) is 0.174. The summed E-state index contributed by atoms with van der Waals surface area (Å²) in [5.41, 5.74) is 5.11. The molecule has 0 aliphatic carbocycles. The molecular formula is C23H20ClN3O2S. The molecule has 2 heterocycles. The van der Waals surface area contributed by atoms with Crippen LogP contribution in [0.15, 0.2) is 59.0 Å². The molecule has 0 saturated heterocycles. The Hall–Kier alpha value is -2.96. The van der Waals surface area contributed by atoms with Gasteiger partial charge < -0.3 is 5.32 Å². The first kappa shape index (κ1) is 20.3. The fourth-order valence-corrected chi connectivity index (χ4v) is 4.53. The lowest BCUT2D eigenvalue weighted by Gasteiger charge is -2.13. The van der Waals surface area contributed by atoms with E-state index in [4.69, 9.17) is 11.6 Å². The second kappa shape index (κ2) is 8.42. The molecule has 0 unspecified atom stereocenters. The molecule has 4 rings (SSSR count). The van der Waals surface area contributed by atoms with Crippen LogP contribution in [0.1, 0.15) is 18.1 Å². The maximum Gasteiger partial charge on any atom is 0.271 e. The minimum Gasteiger partial charge on any atom is -0.324 e. The number of carbonyl (C=O) groups excluding carboxylic acids is 1. The zero-order valence-corrected chi connectivity index (χ0v) is 18.2. The Morgan fingerprint density at radius 1 is 1.20 bits per heavy atom. The number of hydrogen-bond acceptors (Lipinski definition) is 4. The van der Waals surface area contributed by atoms with Gasteiger partial charge in [0.1, 0.15) is 11.2 Å². The summed E-state index contributed by atoms with van der Waals surface area (Å²) in [6, 6.07) is 13.3. The van der Waals surface area contributed by atoms with Crippen molar-refractivity contribution in [2.24, 2.45) is 0 Å². The van der Waals surface area contributed by atoms with Gasteiger partial charge in [0.05, 0.1) is 11.8 Å². The van der Waals surface area contributed by atoms with E-state index in [0.29, 0.717) is 15.2 Å². The van der Waals surface area contributed by atoms with Crippen LogP contribution in [-0.2, 0) is 17.8 Å². The SMILES string of the molecule is CCc1cccc(C)c1NC(=O)Cn1cnc2c(-c3ccc(Cl)cc3)csc2c1=O. The zero-order chi connectivity index (χ0) is 21.3. The first-order valence-electron chi connectivity index (χ1n) is 9.59. The van der Waals surface area contributed by atoms with Crippen molar-refractivity contribution >= 4 is 44.7 Å². The number of aromatic nitrogens is 2. The average Bonchev–Trinajstić information content (AvgIpc) is 3.17. The minimum absolute atomic E-state index is 0.0898. The lowest BCUT2D eigenvalue weighted by atomic mass is 10.1. The molecule has 2 aromatic heterocycles. The predicted molar refractivity (Wildman–Crippen MR) is 124 cm³/mol. The third-order valence-electron chi connectivity index (χ3n) is 5.02. The summed E-state index contributed by atoms with van der Waals surface area (Å²) in [7, 11) is 0. The van der Waals surface area contributed by atoms with Crippen LogP contribution in [0.2, 0.25) is 5.02 Å². The summed E-state index contributed by atoms with van der Waals surface area (Å²) in [5.74, 6) is -0.253. The molecule has 0 aliphatic rings. The Balaban J connectivity index is 1.62. The van der Waals surface area contributed by atoms with E-state index in [2.05, 4.69) is 10.3 Å². The number of carbonyl (C=O) groups is 1. The first-order chi connectivity index (χ1) is 14.5. The van der Waals surface area contributed by atoms with Gasteiger partial charge in [-0.25, -0.2) is 4.98 Å². The second-order valence-electron chi connectivity index (χ2n) is 7.02. The number of aryl methyl sites for hydroxylation is 2. The largest absolute Gasteiger partial charge is 0.324 e. The van der Waals surface area contributed by atoms with Crippen molar-refractivity contribution in [3.63, 3.8) is 0 Å². The van der Waals surface area contributed by atoms with Crippen molar-refractivity contribution in [3.05, 3.63) is 80.7 Å². The number of para-hydroxylation sites is 1. The minimum atomic E-state index is -0.253. The molecule has 0 radical (unpaired) electrons. The second-order valence-corrected chi connectivity index (χ2v) is 8.34. The van der Waals surface area contributed by atoms with Gasteiger partial charge in [-0.1, -0.05) is 48.9 Å². The molecule has 4 aromatic rings. The number of rotatable bonds is 5. The van der Waals surface area contributed by atoms with Crippen LogP contribution in [0.4, 0.5) is 5.69 Å². The van der Waals surface area contributed by atoms with Crippen LogP contribution in [-0.4, -0.2) is 15.5 Å². The van der Waals surface area contributed by atoms with Crippen LogP contribution in [0.5, 0.6) is 0 Å². The number of halogens is 1. The number of fused-ring (bicyclic) bond motifs is 1. The monoisotopic (exact) mass is 437 g/mol. The Kier molecular flexibility index (Phi) is 5.70. The van der Waals surface area contributed by atoms with Crippen LogP contribution in [0, 0.1) is 6.92 Å². The van der Waals surface area contributed by atoms with Gasteiger partial charge in [0.2, 0.25) is 5.91 Å². The molecule has 0 saturated carbocycles. The van der Waals surface area contributed by atoms with Gasteiger partial charge in [-0.05, 0) is 42.2 Å². The van der Waals surface area contributed by atoms with E-state index >= 15 is 0 Å². The molecule has 1 amide bonds. The van der Waals surface area contributed by atoms with Gasteiger partial charge in [-0.2, -0.15) is 0 Å². The van der Waals surface area contributed by atoms with Crippen molar-refractivity contribution in [3.8, 4) is 11.1 Å². The molecule has 0 bridgehead atoms. The van der Waals surface area contributed by atoms with E-state index in [1.807, 2.05) is 61.7 Å². The highest BCUT2D eigenvalue weighted by Gasteiger charge is 2.15. The summed E-state index contributed by atoms with van der Waals surface area (Å²) < 4.78 is 1.88. The number of nitrogens with zero attached hydrogens (tertiary/aromatic N) is 2. The number of thiophene rings is 1. The summed E-state index contributed by atoms with van der Waals surface area (Å²) in [6.07, 6.45) is 2.25. The van der Waals surface area contributed by atoms with Crippen molar-refractivity contribution in [1.29, 1.82) is 0 Å². The molecule has 7 heteroatoms. The molecule has 1 N–H and O–H groups in total. The third-order valence-corrected chi connectivity index (χ3v) is 6.23. The van der Waals surface area contributed by atoms with Crippen molar-refractivity contribution in [1.82, 2.24) is 9.55 Å². The lowest BCUT2D eigenvalue weighted by Crippen LogP contribution is -2.28. The van der Waals surface area contributed by atoms with E-state index in [1.54, 1.807) is 0 Å². The molecule has 2 aromatic carbocycles. The molecule has 0 aliphatic heterocycles. The number of amides is 1. The normalized spacial score (nSPS) is 11.0. The number of anilines is 1. The predicted octanol–water partition coefficient (Wildman–Crippen LogP) is 5.29. The molecule has 30 heavy (non-hydrogen) atoms. The third kappa shape index (κ3) is 3.88. The Morgan fingerprint density at radius 3 is 2.70 bits per heavy atom. The molecule has 152 valence electrons. The summed E-state index contributed by atoms with van der Waals surface area (Å²) in [5, 5.41) is 5.52. The number of benzene rings is 2. The molecule has 0 fully saturated rings. The highest BCUT2D eigenvalue weighted by Crippen LogP contribution is 2.31. The first-order valence-corrected chi connectivity index (χ1v) is 10.8. The highest BCUT2D eigenvalue weighted by atomic mass is 35.5. The van der Waals surface area contributed by atoms with Crippen molar-refractivity contribution < 1.29 is 4.79 Å². The average molecular weight is 438 g/mol. The molecular weight excluding hydrogens is 418 g/mol. The summed E-state index contributed by atoms with van der Waals surface area (Å²) in [6.45, 7) is 3.91. The van der Waals surface area contributed by atoms with Crippen molar-refractivity contribution in [2.75, 3.05) is 5.32 Å². The summed E-state index contributed by atoms with van der Waals surface area (Å²) in [4.78, 5) is 30.1.